The Morgan fingerprint density at radius 2 is 1.68 bits per heavy atom. The highest BCUT2D eigenvalue weighted by atomic mass is 32.5. The predicted molar refractivity (Wildman–Crippen MR) is 106 cm³/mol. The second-order valence-electron chi connectivity index (χ2n) is 6.82. The summed E-state index contributed by atoms with van der Waals surface area (Å²) >= 11 is 0. The third-order valence-electron chi connectivity index (χ3n) is 4.53. The standard InChI is InChI=1S/C19H17F5N4O2S/c1-2-12(13-4-6-14(7-5-13)31(20,21,22,23)24)10-16(29)15-11-17(30)28-19(27-15)18-25-8-3-9-26-18/h3-9,11-12H,2,10H2,1H3,(H,27,28,30)/t12-/m0/s1. The lowest BCUT2D eigenvalue weighted by Crippen LogP contribution is -2.16. The molecule has 0 saturated carbocycles. The van der Waals surface area contributed by atoms with Crippen molar-refractivity contribution in [3.05, 3.63) is 70.4 Å². The third-order valence-corrected chi connectivity index (χ3v) is 5.69. The van der Waals surface area contributed by atoms with Crippen molar-refractivity contribution in [2.75, 3.05) is 0 Å². The van der Waals surface area contributed by atoms with Crippen molar-refractivity contribution in [1.29, 1.82) is 0 Å². The number of ketones is 1. The zero-order valence-electron chi connectivity index (χ0n) is 16.1. The number of benzene rings is 1. The van der Waals surface area contributed by atoms with Gasteiger partial charge in [0.2, 0.25) is 0 Å². The van der Waals surface area contributed by atoms with Gasteiger partial charge >= 0.3 is 10.2 Å². The molecule has 3 aromatic rings. The first-order valence-corrected chi connectivity index (χ1v) is 11.0. The highest BCUT2D eigenvalue weighted by Gasteiger charge is 2.65. The maximum atomic E-state index is 12.9. The molecule has 12 heteroatoms. The van der Waals surface area contributed by atoms with Crippen molar-refractivity contribution in [3.8, 4) is 11.6 Å². The average Bonchev–Trinajstić information content (AvgIpc) is 2.70. The van der Waals surface area contributed by atoms with Crippen LogP contribution in [0.2, 0.25) is 0 Å². The summed E-state index contributed by atoms with van der Waals surface area (Å²) in [5, 5.41) is 0. The van der Waals surface area contributed by atoms with Crippen LogP contribution in [0.1, 0.15) is 41.7 Å². The van der Waals surface area contributed by atoms with E-state index in [0.717, 1.165) is 18.2 Å². The molecule has 0 unspecified atom stereocenters. The Morgan fingerprint density at radius 3 is 2.23 bits per heavy atom. The van der Waals surface area contributed by atoms with Crippen molar-refractivity contribution in [2.45, 2.75) is 30.6 Å². The van der Waals surface area contributed by atoms with E-state index in [1.54, 1.807) is 13.0 Å². The Hall–Kier alpha value is -3.15. The van der Waals surface area contributed by atoms with E-state index in [4.69, 9.17) is 0 Å². The highest BCUT2D eigenvalue weighted by molar-refractivity contribution is 8.45. The summed E-state index contributed by atoms with van der Waals surface area (Å²) < 4.78 is 64.5. The van der Waals surface area contributed by atoms with Crippen molar-refractivity contribution in [1.82, 2.24) is 19.9 Å². The number of carbonyl (C=O) groups is 1. The van der Waals surface area contributed by atoms with E-state index in [-0.39, 0.29) is 29.3 Å². The predicted octanol–water partition coefficient (Wildman–Crippen LogP) is 5.65. The monoisotopic (exact) mass is 460 g/mol. The lowest BCUT2D eigenvalue weighted by Gasteiger charge is -2.40. The molecule has 0 aliphatic heterocycles. The van der Waals surface area contributed by atoms with Gasteiger partial charge in [0.1, 0.15) is 10.6 Å². The van der Waals surface area contributed by atoms with Crippen LogP contribution in [0.5, 0.6) is 0 Å². The average molecular weight is 460 g/mol. The van der Waals surface area contributed by atoms with Crippen LogP contribution >= 0.6 is 10.2 Å². The van der Waals surface area contributed by atoms with E-state index in [0.29, 0.717) is 18.6 Å². The molecule has 0 amide bonds. The SMILES string of the molecule is CC[C@@H](CC(=O)c1cc(=O)[nH]c(-c2ncccn2)n1)c1ccc(S(F)(F)(F)(F)F)cc1. The number of aromatic nitrogens is 4. The van der Waals surface area contributed by atoms with Crippen LogP contribution in [0.3, 0.4) is 0 Å². The molecule has 166 valence electrons. The van der Waals surface area contributed by atoms with Crippen molar-refractivity contribution in [2.24, 2.45) is 0 Å². The number of rotatable bonds is 7. The Labute approximate surface area is 173 Å². The van der Waals surface area contributed by atoms with E-state index < -0.39 is 32.4 Å². The number of hydrogen-bond donors (Lipinski definition) is 1. The summed E-state index contributed by atoms with van der Waals surface area (Å²) in [6.45, 7) is 1.70. The molecule has 0 radical (unpaired) electrons. The molecule has 2 aromatic heterocycles. The molecule has 3 rings (SSSR count). The number of nitrogens with one attached hydrogen (secondary N) is 1. The van der Waals surface area contributed by atoms with Crippen molar-refractivity contribution in [3.63, 3.8) is 0 Å². The van der Waals surface area contributed by atoms with Crippen LogP contribution in [0, 0.1) is 0 Å². The van der Waals surface area contributed by atoms with E-state index in [1.807, 2.05) is 0 Å². The number of carbonyl (C=O) groups excluding carboxylic acids is 1. The van der Waals surface area contributed by atoms with Gasteiger partial charge in [-0.25, -0.2) is 15.0 Å². The molecule has 1 N–H and O–H groups in total. The van der Waals surface area contributed by atoms with Gasteiger partial charge in [0.15, 0.2) is 17.4 Å². The normalized spacial score (nSPS) is 15.0. The highest BCUT2D eigenvalue weighted by Crippen LogP contribution is 3.02. The molecular formula is C19H17F5N4O2S. The Balaban J connectivity index is 1.86. The Bertz CT molecular complexity index is 1170. The largest absolute Gasteiger partial charge is 0.310 e. The van der Waals surface area contributed by atoms with Gasteiger partial charge in [0, 0.05) is 24.9 Å². The number of hydrogen-bond acceptors (Lipinski definition) is 5. The number of Topliss-reactive ketones (excluding diaryl/α,β-unsaturated/α-hetero) is 1. The summed E-state index contributed by atoms with van der Waals surface area (Å²) in [7, 11) is -9.77. The number of aromatic amines is 1. The number of H-pyrrole nitrogens is 1. The first-order valence-electron chi connectivity index (χ1n) is 9.03. The van der Waals surface area contributed by atoms with Gasteiger partial charge in [-0.15, -0.1) is 0 Å². The van der Waals surface area contributed by atoms with Gasteiger partial charge in [-0.05, 0) is 36.1 Å². The maximum Gasteiger partial charge on any atom is 0.310 e. The molecule has 2 heterocycles. The fourth-order valence-electron chi connectivity index (χ4n) is 2.95. The zero-order valence-corrected chi connectivity index (χ0v) is 16.9. The fourth-order valence-corrected chi connectivity index (χ4v) is 3.60. The molecule has 0 saturated heterocycles. The van der Waals surface area contributed by atoms with Crippen LogP contribution in [-0.4, -0.2) is 25.7 Å². The van der Waals surface area contributed by atoms with Crippen LogP contribution in [0.4, 0.5) is 19.4 Å². The molecule has 1 atom stereocenters. The van der Waals surface area contributed by atoms with Gasteiger partial charge in [0.25, 0.3) is 5.56 Å². The number of nitrogens with zero attached hydrogens (tertiary/aromatic N) is 3. The summed E-state index contributed by atoms with van der Waals surface area (Å²) in [5.41, 5.74) is -0.472. The molecule has 1 aromatic carbocycles. The van der Waals surface area contributed by atoms with Gasteiger partial charge in [-0.3, -0.25) is 9.59 Å². The van der Waals surface area contributed by atoms with E-state index in [2.05, 4.69) is 19.9 Å². The summed E-state index contributed by atoms with van der Waals surface area (Å²) in [6.07, 6.45) is 3.03. The first kappa shape index (κ1) is 22.5. The van der Waals surface area contributed by atoms with E-state index in [1.165, 1.54) is 12.4 Å². The zero-order chi connectivity index (χ0) is 22.9. The van der Waals surface area contributed by atoms with E-state index in [9.17, 15) is 29.0 Å². The molecule has 0 spiro atoms. The second kappa shape index (κ2) is 7.22. The summed E-state index contributed by atoms with van der Waals surface area (Å²) in [6, 6.07) is 5.07. The van der Waals surface area contributed by atoms with Gasteiger partial charge in [-0.1, -0.05) is 38.5 Å². The van der Waals surface area contributed by atoms with E-state index >= 15 is 0 Å². The van der Waals surface area contributed by atoms with Crippen LogP contribution < -0.4 is 5.56 Å². The fraction of sp³-hybridized carbons (Fsp3) is 0.211. The molecule has 0 aliphatic rings. The molecule has 0 bridgehead atoms. The maximum absolute atomic E-state index is 12.9. The smallest absolute Gasteiger partial charge is 0.304 e. The molecule has 31 heavy (non-hydrogen) atoms. The molecule has 6 nitrogen and oxygen atoms in total. The van der Waals surface area contributed by atoms with Crippen LogP contribution in [-0.2, 0) is 0 Å². The van der Waals surface area contributed by atoms with Gasteiger partial charge in [0.05, 0.1) is 0 Å². The third kappa shape index (κ3) is 5.51. The first-order chi connectivity index (χ1) is 14.3. The van der Waals surface area contributed by atoms with Crippen LogP contribution in [0.25, 0.3) is 11.6 Å². The minimum absolute atomic E-state index is 0.00951. The van der Waals surface area contributed by atoms with Crippen molar-refractivity contribution < 1.29 is 24.2 Å². The van der Waals surface area contributed by atoms with Gasteiger partial charge < -0.3 is 4.98 Å². The lowest BCUT2D eigenvalue weighted by molar-refractivity contribution is 0.0967. The Morgan fingerprint density at radius 1 is 1.06 bits per heavy atom. The van der Waals surface area contributed by atoms with Crippen LogP contribution in [0.15, 0.2) is 58.5 Å². The minimum Gasteiger partial charge on any atom is -0.304 e. The minimum atomic E-state index is -9.77. The summed E-state index contributed by atoms with van der Waals surface area (Å²) in [4.78, 5) is 37.0. The molecule has 0 fully saturated rings. The van der Waals surface area contributed by atoms with Crippen molar-refractivity contribution >= 4 is 16.0 Å². The topological polar surface area (TPSA) is 88.6 Å². The van der Waals surface area contributed by atoms with Gasteiger partial charge in [-0.2, -0.15) is 0 Å². The molecule has 0 aliphatic carbocycles. The summed E-state index contributed by atoms with van der Waals surface area (Å²) in [5.74, 6) is -0.998. The molecular weight excluding hydrogens is 443 g/mol. The second-order valence-corrected chi connectivity index (χ2v) is 9.23. The quantitative estimate of drug-likeness (QED) is 0.364. The Kier molecular flexibility index (Phi) is 5.25. The number of halogens is 5. The lowest BCUT2D eigenvalue weighted by atomic mass is 9.90.